The molecule has 0 bridgehead atoms. The third-order valence-electron chi connectivity index (χ3n) is 3.55. The van der Waals surface area contributed by atoms with Gasteiger partial charge in [-0.2, -0.15) is 0 Å². The van der Waals surface area contributed by atoms with Crippen molar-refractivity contribution in [3.05, 3.63) is 54.5 Å². The first-order chi connectivity index (χ1) is 12.5. The van der Waals surface area contributed by atoms with Crippen LogP contribution in [0.25, 0.3) is 0 Å². The highest BCUT2D eigenvalue weighted by Gasteiger charge is 2.32. The van der Waals surface area contributed by atoms with E-state index < -0.39 is 26.9 Å². The summed E-state index contributed by atoms with van der Waals surface area (Å²) in [4.78, 5) is 23.7. The maximum absolute atomic E-state index is 12.9. The Bertz CT molecular complexity index is 818. The minimum atomic E-state index is -3.83. The highest BCUT2D eigenvalue weighted by atomic mass is 32.2. The molecule has 1 unspecified atom stereocenters. The van der Waals surface area contributed by atoms with Crippen molar-refractivity contribution in [1.82, 2.24) is 10.6 Å². The first-order valence-electron chi connectivity index (χ1n) is 7.84. The quantitative estimate of drug-likeness (QED) is 0.514. The lowest BCUT2D eigenvalue weighted by atomic mass is 10.3. The molecule has 0 saturated heterocycles. The summed E-state index contributed by atoms with van der Waals surface area (Å²) in [5.41, 5.74) is 0. The molecule has 1 aromatic carbocycles. The van der Waals surface area contributed by atoms with Crippen LogP contribution in [0.4, 0.5) is 0 Å². The highest BCUT2D eigenvalue weighted by molar-refractivity contribution is 7.91. The van der Waals surface area contributed by atoms with Gasteiger partial charge in [0.15, 0.2) is 9.84 Å². The summed E-state index contributed by atoms with van der Waals surface area (Å²) in [6.07, 6.45) is 1.35. The van der Waals surface area contributed by atoms with Gasteiger partial charge in [0.05, 0.1) is 17.8 Å². The van der Waals surface area contributed by atoms with Crippen molar-refractivity contribution < 1.29 is 27.2 Å². The summed E-state index contributed by atoms with van der Waals surface area (Å²) in [5.74, 6) is -1.62. The lowest BCUT2D eigenvalue weighted by Crippen LogP contribution is -2.43. The lowest BCUT2D eigenvalue weighted by Gasteiger charge is -2.16. The average Bonchev–Trinajstić information content (AvgIpc) is 3.16. The molecule has 26 heavy (non-hydrogen) atoms. The molecule has 9 heteroatoms. The second kappa shape index (κ2) is 9.16. The van der Waals surface area contributed by atoms with Crippen molar-refractivity contribution in [3.8, 4) is 0 Å². The van der Waals surface area contributed by atoms with Gasteiger partial charge >= 0.3 is 11.8 Å². The zero-order valence-corrected chi connectivity index (χ0v) is 15.0. The summed E-state index contributed by atoms with van der Waals surface area (Å²) in [6, 6.07) is 10.9. The normalized spacial score (nSPS) is 12.3. The van der Waals surface area contributed by atoms with E-state index >= 15 is 0 Å². The van der Waals surface area contributed by atoms with Crippen LogP contribution >= 0.6 is 0 Å². The van der Waals surface area contributed by atoms with Gasteiger partial charge in [-0.3, -0.25) is 9.59 Å². The van der Waals surface area contributed by atoms with Crippen LogP contribution in [0.15, 0.2) is 58.0 Å². The van der Waals surface area contributed by atoms with Gasteiger partial charge in [-0.1, -0.05) is 18.2 Å². The summed E-state index contributed by atoms with van der Waals surface area (Å²) in [7, 11) is -2.36. The van der Waals surface area contributed by atoms with E-state index in [1.165, 1.54) is 31.6 Å². The van der Waals surface area contributed by atoms with Gasteiger partial charge in [0, 0.05) is 20.2 Å². The number of sulfone groups is 1. The number of methoxy groups -OCH3 is 1. The maximum atomic E-state index is 12.9. The standard InChI is InChI=1S/C17H20N2O6S/c1-24-11-9-18-16(20)17(21)19-12-15(14-8-5-10-25-14)26(22,23)13-6-3-2-4-7-13/h2-8,10,15H,9,11-12H2,1H3,(H,18,20)(H,19,21). The zero-order chi connectivity index (χ0) is 19.0. The van der Waals surface area contributed by atoms with Gasteiger partial charge in [0.25, 0.3) is 0 Å². The first-order valence-corrected chi connectivity index (χ1v) is 9.38. The molecular weight excluding hydrogens is 360 g/mol. The molecule has 2 aromatic rings. The molecule has 0 saturated carbocycles. The van der Waals surface area contributed by atoms with Crippen LogP contribution in [0, 0.1) is 0 Å². The Hall–Kier alpha value is -2.65. The van der Waals surface area contributed by atoms with Crippen LogP contribution in [-0.4, -0.2) is 47.0 Å². The van der Waals surface area contributed by atoms with Crippen LogP contribution in [-0.2, 0) is 24.2 Å². The number of amides is 2. The molecule has 1 heterocycles. The molecule has 1 aromatic heterocycles. The van der Waals surface area contributed by atoms with Gasteiger partial charge in [0.1, 0.15) is 11.0 Å². The van der Waals surface area contributed by atoms with Crippen LogP contribution in [0.1, 0.15) is 11.0 Å². The Labute approximate surface area is 151 Å². The number of hydrogen-bond donors (Lipinski definition) is 2. The number of rotatable bonds is 8. The average molecular weight is 380 g/mol. The van der Waals surface area contributed by atoms with Crippen molar-refractivity contribution in [3.63, 3.8) is 0 Å². The van der Waals surface area contributed by atoms with Crippen molar-refractivity contribution in [2.24, 2.45) is 0 Å². The number of carbonyl (C=O) groups is 2. The SMILES string of the molecule is COCCNC(=O)C(=O)NCC(c1ccco1)S(=O)(=O)c1ccccc1. The van der Waals surface area contributed by atoms with E-state index in [0.717, 1.165) is 0 Å². The Morgan fingerprint density at radius 3 is 2.38 bits per heavy atom. The molecule has 0 aliphatic heterocycles. The second-order valence-electron chi connectivity index (χ2n) is 5.32. The molecule has 0 fully saturated rings. The third-order valence-corrected chi connectivity index (χ3v) is 5.63. The number of benzene rings is 1. The van der Waals surface area contributed by atoms with Crippen LogP contribution in [0.2, 0.25) is 0 Å². The molecule has 2 rings (SSSR count). The molecule has 0 aliphatic carbocycles. The predicted molar refractivity (Wildman–Crippen MR) is 93.0 cm³/mol. The van der Waals surface area contributed by atoms with Gasteiger partial charge in [0.2, 0.25) is 0 Å². The Kier molecular flexibility index (Phi) is 6.93. The molecule has 0 spiro atoms. The smallest absolute Gasteiger partial charge is 0.309 e. The molecule has 1 atom stereocenters. The van der Waals surface area contributed by atoms with Gasteiger partial charge in [-0.25, -0.2) is 8.42 Å². The molecule has 0 aliphatic rings. The largest absolute Gasteiger partial charge is 0.468 e. The summed E-state index contributed by atoms with van der Waals surface area (Å²) in [5, 5.41) is 3.55. The minimum Gasteiger partial charge on any atom is -0.468 e. The van der Waals surface area contributed by atoms with Crippen molar-refractivity contribution in [2.75, 3.05) is 26.8 Å². The topological polar surface area (TPSA) is 115 Å². The van der Waals surface area contributed by atoms with E-state index in [1.807, 2.05) is 0 Å². The minimum absolute atomic E-state index is 0.0974. The first kappa shape index (κ1) is 19.7. The van der Waals surface area contributed by atoms with E-state index in [1.54, 1.807) is 24.3 Å². The Balaban J connectivity index is 2.12. The van der Waals surface area contributed by atoms with E-state index in [9.17, 15) is 18.0 Å². The van der Waals surface area contributed by atoms with Crippen LogP contribution in [0.3, 0.4) is 0 Å². The molecule has 8 nitrogen and oxygen atoms in total. The van der Waals surface area contributed by atoms with E-state index in [4.69, 9.17) is 9.15 Å². The van der Waals surface area contributed by atoms with Crippen molar-refractivity contribution in [1.29, 1.82) is 0 Å². The van der Waals surface area contributed by atoms with E-state index in [2.05, 4.69) is 10.6 Å². The molecule has 0 radical (unpaired) electrons. The fourth-order valence-electron chi connectivity index (χ4n) is 2.22. The highest BCUT2D eigenvalue weighted by Crippen LogP contribution is 2.28. The number of furan rings is 1. The van der Waals surface area contributed by atoms with Crippen LogP contribution < -0.4 is 10.6 Å². The van der Waals surface area contributed by atoms with Gasteiger partial charge in [-0.15, -0.1) is 0 Å². The number of ether oxygens (including phenoxy) is 1. The number of hydrogen-bond acceptors (Lipinski definition) is 6. The Morgan fingerprint density at radius 2 is 1.77 bits per heavy atom. The third kappa shape index (κ3) is 4.93. The predicted octanol–water partition coefficient (Wildman–Crippen LogP) is 0.673. The molecular formula is C17H20N2O6S. The van der Waals surface area contributed by atoms with E-state index in [0.29, 0.717) is 0 Å². The second-order valence-corrected chi connectivity index (χ2v) is 7.45. The maximum Gasteiger partial charge on any atom is 0.309 e. The number of carbonyl (C=O) groups excluding carboxylic acids is 2. The summed E-state index contributed by atoms with van der Waals surface area (Å²) in [6.45, 7) is 0.129. The lowest BCUT2D eigenvalue weighted by molar-refractivity contribution is -0.139. The summed E-state index contributed by atoms with van der Waals surface area (Å²) < 4.78 is 35.8. The van der Waals surface area contributed by atoms with Gasteiger partial charge < -0.3 is 19.8 Å². The molecule has 2 N–H and O–H groups in total. The van der Waals surface area contributed by atoms with Gasteiger partial charge in [-0.05, 0) is 24.3 Å². The zero-order valence-electron chi connectivity index (χ0n) is 14.2. The van der Waals surface area contributed by atoms with Crippen LogP contribution in [0.5, 0.6) is 0 Å². The number of nitrogens with one attached hydrogen (secondary N) is 2. The molecule has 2 amide bonds. The summed E-state index contributed by atoms with van der Waals surface area (Å²) >= 11 is 0. The Morgan fingerprint density at radius 1 is 1.08 bits per heavy atom. The van der Waals surface area contributed by atoms with Crippen molar-refractivity contribution >= 4 is 21.7 Å². The monoisotopic (exact) mass is 380 g/mol. The van der Waals surface area contributed by atoms with Crippen molar-refractivity contribution in [2.45, 2.75) is 10.1 Å². The van der Waals surface area contributed by atoms with E-state index in [-0.39, 0.29) is 30.4 Å². The fourth-order valence-corrected chi connectivity index (χ4v) is 3.83. The fraction of sp³-hybridized carbons (Fsp3) is 0.294. The molecule has 140 valence electrons.